The second-order valence-electron chi connectivity index (χ2n) is 7.52. The number of hydrogen-bond donors (Lipinski definition) is 2. The number of nitrogens with two attached hydrogens (primary N) is 1. The van der Waals surface area contributed by atoms with E-state index in [1.807, 2.05) is 56.3 Å². The Labute approximate surface area is 181 Å². The van der Waals surface area contributed by atoms with Gasteiger partial charge in [0, 0.05) is 29.9 Å². The first kappa shape index (κ1) is 20.3. The molecule has 3 N–H and O–H groups in total. The van der Waals surface area contributed by atoms with Crippen LogP contribution < -0.4 is 15.8 Å². The number of carbonyl (C=O) groups excluding carboxylic acids is 1. The molecule has 4 rings (SSSR count). The van der Waals surface area contributed by atoms with Gasteiger partial charge in [-0.3, -0.25) is 14.8 Å². The molecule has 2 aromatic carbocycles. The fourth-order valence-corrected chi connectivity index (χ4v) is 3.42. The SMILES string of the molecule is CC(C)Oc1ccc(CNc2cccc3c(-c4ccc(C(N)=O)nc4)ccnc23)cc1. The van der Waals surface area contributed by atoms with Crippen molar-refractivity contribution in [2.75, 3.05) is 5.32 Å². The number of hydrogen-bond acceptors (Lipinski definition) is 5. The Morgan fingerprint density at radius 3 is 2.52 bits per heavy atom. The van der Waals surface area contributed by atoms with E-state index in [1.165, 1.54) is 0 Å². The van der Waals surface area contributed by atoms with Gasteiger partial charge in [-0.1, -0.05) is 30.3 Å². The summed E-state index contributed by atoms with van der Waals surface area (Å²) in [4.78, 5) is 20.1. The van der Waals surface area contributed by atoms with Gasteiger partial charge in [0.15, 0.2) is 0 Å². The maximum Gasteiger partial charge on any atom is 0.267 e. The number of nitrogens with zero attached hydrogens (tertiary/aromatic N) is 2. The van der Waals surface area contributed by atoms with E-state index < -0.39 is 5.91 Å². The minimum atomic E-state index is -0.540. The minimum absolute atomic E-state index is 0.155. The second kappa shape index (κ2) is 8.83. The zero-order valence-corrected chi connectivity index (χ0v) is 17.5. The first-order valence-electron chi connectivity index (χ1n) is 10.1. The first-order chi connectivity index (χ1) is 15.0. The highest BCUT2D eigenvalue weighted by atomic mass is 16.5. The average molecular weight is 412 g/mol. The smallest absolute Gasteiger partial charge is 0.267 e. The first-order valence-corrected chi connectivity index (χ1v) is 10.1. The van der Waals surface area contributed by atoms with Crippen molar-refractivity contribution in [2.45, 2.75) is 26.5 Å². The van der Waals surface area contributed by atoms with E-state index >= 15 is 0 Å². The Morgan fingerprint density at radius 1 is 1.03 bits per heavy atom. The van der Waals surface area contributed by atoms with Crippen LogP contribution in [-0.2, 0) is 6.54 Å². The van der Waals surface area contributed by atoms with Crippen LogP contribution in [0, 0.1) is 0 Å². The molecule has 0 aliphatic heterocycles. The van der Waals surface area contributed by atoms with Gasteiger partial charge >= 0.3 is 0 Å². The molecule has 6 heteroatoms. The standard InChI is InChI=1S/C25H24N4O2/c1-16(2)31-19-9-6-17(7-10-19)14-28-22-5-3-4-21-20(12-13-27-24(21)22)18-8-11-23(25(26)30)29-15-18/h3-13,15-16,28H,14H2,1-2H3,(H2,26,30). The van der Waals surface area contributed by atoms with Crippen LogP contribution in [0.4, 0.5) is 5.69 Å². The average Bonchev–Trinajstić information content (AvgIpc) is 2.78. The Morgan fingerprint density at radius 2 is 1.84 bits per heavy atom. The van der Waals surface area contributed by atoms with Crippen molar-refractivity contribution in [3.63, 3.8) is 0 Å². The summed E-state index contributed by atoms with van der Waals surface area (Å²) >= 11 is 0. The number of fused-ring (bicyclic) bond motifs is 1. The predicted molar refractivity (Wildman–Crippen MR) is 123 cm³/mol. The molecule has 1 amide bonds. The minimum Gasteiger partial charge on any atom is -0.491 e. The predicted octanol–water partition coefficient (Wildman–Crippen LogP) is 4.80. The van der Waals surface area contributed by atoms with Crippen molar-refractivity contribution in [1.29, 1.82) is 0 Å². The van der Waals surface area contributed by atoms with Crippen molar-refractivity contribution < 1.29 is 9.53 Å². The van der Waals surface area contributed by atoms with Crippen LogP contribution in [0.2, 0.25) is 0 Å². The number of pyridine rings is 2. The maximum absolute atomic E-state index is 11.3. The number of primary amides is 1. The summed E-state index contributed by atoms with van der Waals surface area (Å²) in [6.07, 6.45) is 3.60. The van der Waals surface area contributed by atoms with E-state index in [0.29, 0.717) is 6.54 Å². The fraction of sp³-hybridized carbons (Fsp3) is 0.160. The summed E-state index contributed by atoms with van der Waals surface area (Å²) in [6, 6.07) is 19.6. The van der Waals surface area contributed by atoms with Crippen LogP contribution in [0.15, 0.2) is 73.1 Å². The van der Waals surface area contributed by atoms with E-state index in [-0.39, 0.29) is 11.8 Å². The molecule has 2 aromatic heterocycles. The van der Waals surface area contributed by atoms with Crippen LogP contribution in [0.1, 0.15) is 29.9 Å². The van der Waals surface area contributed by atoms with Gasteiger partial charge in [-0.2, -0.15) is 0 Å². The van der Waals surface area contributed by atoms with E-state index in [9.17, 15) is 4.79 Å². The van der Waals surface area contributed by atoms with Crippen molar-refractivity contribution in [3.8, 4) is 16.9 Å². The maximum atomic E-state index is 11.3. The number of nitrogens with one attached hydrogen (secondary N) is 1. The zero-order valence-electron chi connectivity index (χ0n) is 17.5. The summed E-state index contributed by atoms with van der Waals surface area (Å²) in [5.74, 6) is 0.326. The lowest BCUT2D eigenvalue weighted by molar-refractivity contribution is 0.0995. The summed E-state index contributed by atoms with van der Waals surface area (Å²) in [7, 11) is 0. The van der Waals surface area contributed by atoms with E-state index in [4.69, 9.17) is 10.5 Å². The molecule has 4 aromatic rings. The van der Waals surface area contributed by atoms with Gasteiger partial charge in [-0.05, 0) is 55.3 Å². The quantitative estimate of drug-likeness (QED) is 0.455. The molecule has 0 saturated carbocycles. The zero-order chi connectivity index (χ0) is 21.8. The largest absolute Gasteiger partial charge is 0.491 e. The third-order valence-corrected chi connectivity index (χ3v) is 4.88. The Kier molecular flexibility index (Phi) is 5.80. The normalized spacial score (nSPS) is 10.9. The molecule has 0 spiro atoms. The lowest BCUT2D eigenvalue weighted by Gasteiger charge is -2.13. The summed E-state index contributed by atoms with van der Waals surface area (Å²) < 4.78 is 5.70. The van der Waals surface area contributed by atoms with Gasteiger partial charge in [-0.15, -0.1) is 0 Å². The number of anilines is 1. The molecule has 6 nitrogen and oxygen atoms in total. The third kappa shape index (κ3) is 4.64. The number of ether oxygens (including phenoxy) is 1. The van der Waals surface area contributed by atoms with Gasteiger partial charge in [0.25, 0.3) is 5.91 Å². The summed E-state index contributed by atoms with van der Waals surface area (Å²) in [5, 5.41) is 4.49. The van der Waals surface area contributed by atoms with Crippen LogP contribution in [0.3, 0.4) is 0 Å². The Balaban J connectivity index is 1.58. The number of rotatable bonds is 7. The monoisotopic (exact) mass is 412 g/mol. The molecule has 0 bridgehead atoms. The highest BCUT2D eigenvalue weighted by molar-refractivity contribution is 6.00. The van der Waals surface area contributed by atoms with Gasteiger partial charge in [0.2, 0.25) is 0 Å². The highest BCUT2D eigenvalue weighted by Crippen LogP contribution is 2.31. The van der Waals surface area contributed by atoms with E-state index in [0.717, 1.165) is 39.0 Å². The summed E-state index contributed by atoms with van der Waals surface area (Å²) in [5.41, 5.74) is 10.4. The molecule has 0 atom stereocenters. The molecule has 0 radical (unpaired) electrons. The highest BCUT2D eigenvalue weighted by Gasteiger charge is 2.10. The molecule has 2 heterocycles. The number of carbonyl (C=O) groups is 1. The molecular formula is C25H24N4O2. The Hall–Kier alpha value is -3.93. The van der Waals surface area contributed by atoms with Crippen LogP contribution in [0.25, 0.3) is 22.0 Å². The second-order valence-corrected chi connectivity index (χ2v) is 7.52. The van der Waals surface area contributed by atoms with E-state index in [1.54, 1.807) is 18.5 Å². The van der Waals surface area contributed by atoms with E-state index in [2.05, 4.69) is 27.4 Å². The Bertz CT molecular complexity index is 1200. The van der Waals surface area contributed by atoms with Gasteiger partial charge in [0.1, 0.15) is 11.4 Å². The van der Waals surface area contributed by atoms with Crippen LogP contribution in [0.5, 0.6) is 5.75 Å². The molecule has 0 fully saturated rings. The molecular weight excluding hydrogens is 388 g/mol. The van der Waals surface area contributed by atoms with Crippen LogP contribution >= 0.6 is 0 Å². The number of benzene rings is 2. The summed E-state index contributed by atoms with van der Waals surface area (Å²) in [6.45, 7) is 4.70. The van der Waals surface area contributed by atoms with Crippen molar-refractivity contribution in [3.05, 3.63) is 84.3 Å². The topological polar surface area (TPSA) is 90.1 Å². The van der Waals surface area contributed by atoms with Crippen LogP contribution in [-0.4, -0.2) is 22.0 Å². The van der Waals surface area contributed by atoms with Gasteiger partial charge < -0.3 is 15.8 Å². The third-order valence-electron chi connectivity index (χ3n) is 4.88. The fourth-order valence-electron chi connectivity index (χ4n) is 3.42. The van der Waals surface area contributed by atoms with Gasteiger partial charge in [-0.25, -0.2) is 0 Å². The number of para-hydroxylation sites is 1. The number of aromatic nitrogens is 2. The molecule has 0 saturated heterocycles. The van der Waals surface area contributed by atoms with Crippen molar-refractivity contribution >= 4 is 22.5 Å². The van der Waals surface area contributed by atoms with Crippen molar-refractivity contribution in [1.82, 2.24) is 9.97 Å². The van der Waals surface area contributed by atoms with Gasteiger partial charge in [0.05, 0.1) is 17.3 Å². The lowest BCUT2D eigenvalue weighted by atomic mass is 10.0. The molecule has 0 aliphatic carbocycles. The van der Waals surface area contributed by atoms with Crippen molar-refractivity contribution in [2.24, 2.45) is 5.73 Å². The molecule has 0 aliphatic rings. The lowest BCUT2D eigenvalue weighted by Crippen LogP contribution is -2.12. The molecule has 156 valence electrons. The molecule has 0 unspecified atom stereocenters. The molecule has 31 heavy (non-hydrogen) atoms. The number of amides is 1.